The summed E-state index contributed by atoms with van der Waals surface area (Å²) >= 11 is 0. The zero-order chi connectivity index (χ0) is 23.8. The summed E-state index contributed by atoms with van der Waals surface area (Å²) in [5.41, 5.74) is 7.69. The van der Waals surface area contributed by atoms with Crippen LogP contribution in [0, 0.1) is 13.8 Å². The number of nitrogens with zero attached hydrogens (tertiary/aromatic N) is 4. The molecule has 1 amide bonds. The molecule has 0 atom stereocenters. The first-order chi connectivity index (χ1) is 15.6. The SMILES string of the molecule is Cc1cccc(-c2nc(Cn3nnc(C(=O)Nc4ccc(C(F)(F)F)cc4)c3N)c(C)o2)c1. The van der Waals surface area contributed by atoms with E-state index in [1.165, 1.54) is 4.68 Å². The normalized spacial score (nSPS) is 11.5. The van der Waals surface area contributed by atoms with Crippen LogP contribution in [0.2, 0.25) is 0 Å². The zero-order valence-electron chi connectivity index (χ0n) is 17.6. The van der Waals surface area contributed by atoms with Crippen molar-refractivity contribution in [3.63, 3.8) is 0 Å². The highest BCUT2D eigenvalue weighted by Crippen LogP contribution is 2.30. The smallest absolute Gasteiger partial charge is 0.416 e. The number of oxazole rings is 1. The van der Waals surface area contributed by atoms with Gasteiger partial charge >= 0.3 is 6.18 Å². The first-order valence-corrected chi connectivity index (χ1v) is 9.82. The Morgan fingerprint density at radius 2 is 1.88 bits per heavy atom. The molecule has 11 heteroatoms. The molecule has 0 saturated heterocycles. The summed E-state index contributed by atoms with van der Waals surface area (Å²) in [4.78, 5) is 17.0. The first kappa shape index (κ1) is 22.1. The summed E-state index contributed by atoms with van der Waals surface area (Å²) in [5, 5.41) is 10.2. The predicted molar refractivity (Wildman–Crippen MR) is 114 cm³/mol. The lowest BCUT2D eigenvalue weighted by atomic mass is 10.1. The van der Waals surface area contributed by atoms with Crippen LogP contribution in [-0.2, 0) is 12.7 Å². The molecule has 0 fully saturated rings. The first-order valence-electron chi connectivity index (χ1n) is 9.82. The molecule has 4 aromatic rings. The van der Waals surface area contributed by atoms with Crippen LogP contribution >= 0.6 is 0 Å². The number of anilines is 2. The van der Waals surface area contributed by atoms with E-state index in [9.17, 15) is 18.0 Å². The summed E-state index contributed by atoms with van der Waals surface area (Å²) in [6.07, 6.45) is -4.46. The van der Waals surface area contributed by atoms with Crippen molar-refractivity contribution in [3.8, 4) is 11.5 Å². The molecule has 2 heterocycles. The molecule has 8 nitrogen and oxygen atoms in total. The van der Waals surface area contributed by atoms with Gasteiger partial charge in [0, 0.05) is 11.3 Å². The lowest BCUT2D eigenvalue weighted by Gasteiger charge is -2.08. The number of aryl methyl sites for hydroxylation is 2. The van der Waals surface area contributed by atoms with Crippen LogP contribution in [0.1, 0.15) is 33.1 Å². The Morgan fingerprint density at radius 3 is 2.55 bits per heavy atom. The molecule has 170 valence electrons. The Hall–Kier alpha value is -4.15. The highest BCUT2D eigenvalue weighted by Gasteiger charge is 2.30. The van der Waals surface area contributed by atoms with E-state index in [-0.39, 0.29) is 23.7 Å². The van der Waals surface area contributed by atoms with Gasteiger partial charge in [0.05, 0.1) is 12.1 Å². The molecule has 0 radical (unpaired) electrons. The van der Waals surface area contributed by atoms with Crippen molar-refractivity contribution >= 4 is 17.4 Å². The Kier molecular flexibility index (Phi) is 5.62. The van der Waals surface area contributed by atoms with Crippen LogP contribution in [0.3, 0.4) is 0 Å². The molecule has 0 aliphatic rings. The number of halogens is 3. The summed E-state index contributed by atoms with van der Waals surface area (Å²) in [6, 6.07) is 11.7. The van der Waals surface area contributed by atoms with E-state index < -0.39 is 17.6 Å². The van der Waals surface area contributed by atoms with Crippen molar-refractivity contribution in [3.05, 3.63) is 76.8 Å². The van der Waals surface area contributed by atoms with Crippen LogP contribution in [0.5, 0.6) is 0 Å². The number of alkyl halides is 3. The number of nitrogens with one attached hydrogen (secondary N) is 1. The van der Waals surface area contributed by atoms with Gasteiger partial charge in [-0.2, -0.15) is 13.2 Å². The predicted octanol–water partition coefficient (Wildman–Crippen LogP) is 4.45. The number of aromatic nitrogens is 4. The summed E-state index contributed by atoms with van der Waals surface area (Å²) < 4.78 is 45.1. The fourth-order valence-corrected chi connectivity index (χ4v) is 3.15. The fourth-order valence-electron chi connectivity index (χ4n) is 3.15. The van der Waals surface area contributed by atoms with Crippen molar-refractivity contribution in [2.45, 2.75) is 26.6 Å². The minimum absolute atomic E-state index is 0.0149. The molecule has 2 aromatic heterocycles. The van der Waals surface area contributed by atoms with Gasteiger partial charge < -0.3 is 15.5 Å². The lowest BCUT2D eigenvalue weighted by Crippen LogP contribution is -2.15. The minimum atomic E-state index is -4.46. The number of amides is 1. The van der Waals surface area contributed by atoms with E-state index in [1.807, 2.05) is 31.2 Å². The molecular weight excluding hydrogens is 437 g/mol. The van der Waals surface area contributed by atoms with Gasteiger partial charge in [-0.25, -0.2) is 9.67 Å². The largest absolute Gasteiger partial charge is 0.441 e. The van der Waals surface area contributed by atoms with Gasteiger partial charge in [0.25, 0.3) is 5.91 Å². The van der Waals surface area contributed by atoms with Gasteiger partial charge in [-0.05, 0) is 50.2 Å². The maximum atomic E-state index is 12.7. The summed E-state index contributed by atoms with van der Waals surface area (Å²) in [5.74, 6) is 0.303. The van der Waals surface area contributed by atoms with Crippen molar-refractivity contribution in [2.24, 2.45) is 0 Å². The van der Waals surface area contributed by atoms with E-state index >= 15 is 0 Å². The monoisotopic (exact) mass is 456 g/mol. The second kappa shape index (κ2) is 8.41. The van der Waals surface area contributed by atoms with Crippen LogP contribution in [0.15, 0.2) is 52.9 Å². The van der Waals surface area contributed by atoms with Crippen molar-refractivity contribution in [1.29, 1.82) is 0 Å². The van der Waals surface area contributed by atoms with Crippen LogP contribution in [0.4, 0.5) is 24.7 Å². The van der Waals surface area contributed by atoms with E-state index in [2.05, 4.69) is 20.6 Å². The molecule has 4 rings (SSSR count). The molecule has 0 aliphatic heterocycles. The molecule has 33 heavy (non-hydrogen) atoms. The molecule has 0 spiro atoms. The van der Waals surface area contributed by atoms with E-state index in [4.69, 9.17) is 10.2 Å². The van der Waals surface area contributed by atoms with Crippen molar-refractivity contribution in [1.82, 2.24) is 20.0 Å². The molecular formula is C22H19F3N6O2. The number of hydrogen-bond donors (Lipinski definition) is 2. The van der Waals surface area contributed by atoms with Gasteiger partial charge in [-0.3, -0.25) is 4.79 Å². The number of rotatable bonds is 5. The lowest BCUT2D eigenvalue weighted by molar-refractivity contribution is -0.137. The highest BCUT2D eigenvalue weighted by atomic mass is 19.4. The van der Waals surface area contributed by atoms with Gasteiger partial charge in [-0.1, -0.05) is 22.9 Å². The third kappa shape index (κ3) is 4.71. The molecule has 0 bridgehead atoms. The number of carbonyl (C=O) groups excluding carboxylic acids is 1. The highest BCUT2D eigenvalue weighted by molar-refractivity contribution is 6.05. The minimum Gasteiger partial charge on any atom is -0.441 e. The van der Waals surface area contributed by atoms with Gasteiger partial charge in [0.15, 0.2) is 11.5 Å². The second-order valence-corrected chi connectivity index (χ2v) is 7.40. The molecule has 0 saturated carbocycles. The number of hydrogen-bond acceptors (Lipinski definition) is 6. The van der Waals surface area contributed by atoms with Crippen LogP contribution < -0.4 is 11.1 Å². The third-order valence-electron chi connectivity index (χ3n) is 4.92. The van der Waals surface area contributed by atoms with Crippen LogP contribution in [-0.4, -0.2) is 25.9 Å². The van der Waals surface area contributed by atoms with E-state index in [0.29, 0.717) is 17.3 Å². The average Bonchev–Trinajstić information content (AvgIpc) is 3.31. The maximum absolute atomic E-state index is 12.7. The number of nitrogens with two attached hydrogens (primary N) is 1. The number of nitrogen functional groups attached to an aromatic ring is 1. The van der Waals surface area contributed by atoms with Gasteiger partial charge in [0.1, 0.15) is 11.5 Å². The summed E-state index contributed by atoms with van der Waals surface area (Å²) in [7, 11) is 0. The standard InChI is InChI=1S/C22H19F3N6O2/c1-12-4-3-5-14(10-12)21-28-17(13(2)33-21)11-31-19(26)18(29-30-31)20(32)27-16-8-6-15(7-9-16)22(23,24)25/h3-10H,11,26H2,1-2H3,(H,27,32). The number of benzene rings is 2. The molecule has 2 aromatic carbocycles. The molecule has 0 unspecified atom stereocenters. The topological polar surface area (TPSA) is 112 Å². The number of carbonyl (C=O) groups is 1. The fraction of sp³-hybridized carbons (Fsp3) is 0.182. The molecule has 0 aliphatic carbocycles. The Morgan fingerprint density at radius 1 is 1.15 bits per heavy atom. The molecule has 3 N–H and O–H groups in total. The third-order valence-corrected chi connectivity index (χ3v) is 4.92. The van der Waals surface area contributed by atoms with E-state index in [1.54, 1.807) is 6.92 Å². The second-order valence-electron chi connectivity index (χ2n) is 7.40. The van der Waals surface area contributed by atoms with Crippen molar-refractivity contribution in [2.75, 3.05) is 11.1 Å². The van der Waals surface area contributed by atoms with Gasteiger partial charge in [0.2, 0.25) is 5.89 Å². The Labute approximate surface area is 186 Å². The zero-order valence-corrected chi connectivity index (χ0v) is 17.6. The quantitative estimate of drug-likeness (QED) is 0.459. The Balaban J connectivity index is 1.49. The Bertz CT molecular complexity index is 1310. The maximum Gasteiger partial charge on any atom is 0.416 e. The summed E-state index contributed by atoms with van der Waals surface area (Å²) in [6.45, 7) is 3.84. The van der Waals surface area contributed by atoms with Crippen molar-refractivity contribution < 1.29 is 22.4 Å². The average molecular weight is 456 g/mol. The van der Waals surface area contributed by atoms with Crippen LogP contribution in [0.25, 0.3) is 11.5 Å². The van der Waals surface area contributed by atoms with E-state index in [0.717, 1.165) is 35.4 Å². The van der Waals surface area contributed by atoms with Gasteiger partial charge in [-0.15, -0.1) is 5.10 Å².